The van der Waals surface area contributed by atoms with Crippen molar-refractivity contribution in [1.82, 2.24) is 9.21 Å². The summed E-state index contributed by atoms with van der Waals surface area (Å²) in [5, 5.41) is 0. The average Bonchev–Trinajstić information content (AvgIpc) is 3.14. The highest BCUT2D eigenvalue weighted by Crippen LogP contribution is 2.39. The maximum Gasteiger partial charge on any atom is 0.243 e. The molecule has 0 aromatic heterocycles. The van der Waals surface area contributed by atoms with E-state index in [9.17, 15) is 8.42 Å². The Hall–Kier alpha value is -3.16. The van der Waals surface area contributed by atoms with Crippen molar-refractivity contribution in [3.8, 4) is 11.5 Å². The van der Waals surface area contributed by atoms with Gasteiger partial charge in [-0.2, -0.15) is 4.31 Å². The Balaban J connectivity index is 1.50. The van der Waals surface area contributed by atoms with Crippen LogP contribution in [0, 0.1) is 20.8 Å². The van der Waals surface area contributed by atoms with Crippen LogP contribution in [0.15, 0.2) is 70.6 Å². The third-order valence-electron chi connectivity index (χ3n) is 6.40. The van der Waals surface area contributed by atoms with Gasteiger partial charge in [0.25, 0.3) is 0 Å². The minimum absolute atomic E-state index is 0.383. The molecule has 2 aliphatic rings. The summed E-state index contributed by atoms with van der Waals surface area (Å²) in [6.45, 7) is 8.08. The summed E-state index contributed by atoms with van der Waals surface area (Å²) in [6, 6.07) is 19.3. The summed E-state index contributed by atoms with van der Waals surface area (Å²) in [6.07, 6.45) is 0.715. The number of benzene rings is 3. The summed E-state index contributed by atoms with van der Waals surface area (Å²) in [7, 11) is -3.56. The number of aryl methyl sites for hydroxylation is 3. The van der Waals surface area contributed by atoms with E-state index >= 15 is 0 Å². The van der Waals surface area contributed by atoms with Crippen LogP contribution in [0.2, 0.25) is 0 Å². The molecule has 0 bridgehead atoms. The first-order valence-corrected chi connectivity index (χ1v) is 13.1. The van der Waals surface area contributed by atoms with Crippen LogP contribution < -0.4 is 4.74 Å². The third kappa shape index (κ3) is 4.21. The number of hydrogen-bond acceptors (Lipinski definition) is 5. The molecule has 0 amide bonds. The first-order chi connectivity index (χ1) is 16.3. The number of fused-ring (bicyclic) bond motifs is 2. The quantitative estimate of drug-likeness (QED) is 0.512. The lowest BCUT2D eigenvalue weighted by Gasteiger charge is -2.25. The zero-order chi connectivity index (χ0) is 23.9. The van der Waals surface area contributed by atoms with Gasteiger partial charge in [0, 0.05) is 26.2 Å². The Kier molecular flexibility index (Phi) is 5.91. The van der Waals surface area contributed by atoms with E-state index in [0.717, 1.165) is 45.3 Å². The van der Waals surface area contributed by atoms with Gasteiger partial charge in [-0.3, -0.25) is 0 Å². The highest BCUT2D eigenvalue weighted by Gasteiger charge is 2.30. The highest BCUT2D eigenvalue weighted by atomic mass is 32.2. The molecule has 34 heavy (non-hydrogen) atoms. The number of nitrogens with zero attached hydrogens (tertiary/aromatic N) is 3. The van der Waals surface area contributed by atoms with Crippen molar-refractivity contribution < 1.29 is 13.2 Å². The van der Waals surface area contributed by atoms with Crippen molar-refractivity contribution in [2.45, 2.75) is 32.1 Å². The van der Waals surface area contributed by atoms with Gasteiger partial charge in [-0.1, -0.05) is 35.9 Å². The number of hydrogen-bond donors (Lipinski definition) is 0. The maximum absolute atomic E-state index is 13.4. The molecule has 3 aromatic carbocycles. The monoisotopic (exact) mass is 475 g/mol. The predicted octanol–water partition coefficient (Wildman–Crippen LogP) is 5.19. The molecule has 3 aromatic rings. The second-order valence-corrected chi connectivity index (χ2v) is 10.9. The predicted molar refractivity (Wildman–Crippen MR) is 135 cm³/mol. The molecular weight excluding hydrogens is 446 g/mol. The minimum Gasteiger partial charge on any atom is -0.454 e. The number of amidine groups is 1. The van der Waals surface area contributed by atoms with Gasteiger partial charge < -0.3 is 9.64 Å². The van der Waals surface area contributed by atoms with Crippen LogP contribution in [0.5, 0.6) is 11.5 Å². The molecular formula is C27H29N3O3S. The Bertz CT molecular complexity index is 1380. The van der Waals surface area contributed by atoms with Crippen LogP contribution in [0.25, 0.3) is 0 Å². The molecule has 2 heterocycles. The second-order valence-electron chi connectivity index (χ2n) is 9.02. The molecule has 0 aliphatic carbocycles. The lowest BCUT2D eigenvalue weighted by molar-refractivity contribution is 0.407. The van der Waals surface area contributed by atoms with Crippen molar-refractivity contribution in [1.29, 1.82) is 0 Å². The molecule has 6 nitrogen and oxygen atoms in total. The van der Waals surface area contributed by atoms with Crippen LogP contribution in [-0.2, 0) is 10.0 Å². The van der Waals surface area contributed by atoms with Gasteiger partial charge in [0.05, 0.1) is 10.5 Å². The summed E-state index contributed by atoms with van der Waals surface area (Å²) >= 11 is 0. The fourth-order valence-electron chi connectivity index (χ4n) is 4.57. The van der Waals surface area contributed by atoms with Crippen molar-refractivity contribution in [3.05, 3.63) is 82.9 Å². The van der Waals surface area contributed by atoms with Gasteiger partial charge in [0.15, 0.2) is 5.75 Å². The molecule has 0 unspecified atom stereocenters. The lowest BCUT2D eigenvalue weighted by Crippen LogP contribution is -2.37. The normalized spacial score (nSPS) is 16.6. The molecule has 1 fully saturated rings. The molecule has 0 radical (unpaired) electrons. The summed E-state index contributed by atoms with van der Waals surface area (Å²) in [5.74, 6) is 2.33. The minimum atomic E-state index is -3.56. The van der Waals surface area contributed by atoms with E-state index in [0.29, 0.717) is 37.5 Å². The summed E-state index contributed by atoms with van der Waals surface area (Å²) < 4.78 is 34.7. The van der Waals surface area contributed by atoms with E-state index in [-0.39, 0.29) is 0 Å². The molecule has 0 saturated carbocycles. The lowest BCUT2D eigenvalue weighted by atomic mass is 10.1. The average molecular weight is 476 g/mol. The van der Waals surface area contributed by atoms with E-state index in [2.05, 4.69) is 17.9 Å². The standard InChI is InChI=1S/C27H29N3O3S/c1-19-10-12-24-22(17-19)27(28-23-11-9-20(2)18-25(23)33-24)29-13-6-14-30(16-15-29)34(31,32)26-8-5-4-7-21(26)3/h4-5,7-12,17-18H,6,13-16H2,1-3H3. The van der Waals surface area contributed by atoms with Gasteiger partial charge in [0.1, 0.15) is 17.3 Å². The second kappa shape index (κ2) is 8.89. The fraction of sp³-hybridized carbons (Fsp3) is 0.296. The van der Waals surface area contributed by atoms with Gasteiger partial charge in [-0.05, 0) is 68.7 Å². The van der Waals surface area contributed by atoms with Crippen LogP contribution in [0.3, 0.4) is 0 Å². The Morgan fingerprint density at radius 2 is 1.59 bits per heavy atom. The van der Waals surface area contributed by atoms with Gasteiger partial charge in [-0.15, -0.1) is 0 Å². The van der Waals surface area contributed by atoms with Crippen molar-refractivity contribution in [3.63, 3.8) is 0 Å². The molecule has 0 spiro atoms. The van der Waals surface area contributed by atoms with E-state index in [1.165, 1.54) is 0 Å². The Morgan fingerprint density at radius 3 is 2.41 bits per heavy atom. The topological polar surface area (TPSA) is 62.2 Å². The molecule has 0 N–H and O–H groups in total. The van der Waals surface area contributed by atoms with E-state index in [4.69, 9.17) is 9.73 Å². The summed E-state index contributed by atoms with van der Waals surface area (Å²) in [4.78, 5) is 7.62. The number of rotatable bonds is 2. The maximum atomic E-state index is 13.4. The number of aliphatic imine (C=N–C) groups is 1. The van der Waals surface area contributed by atoms with E-state index in [1.54, 1.807) is 16.4 Å². The number of ether oxygens (including phenoxy) is 1. The molecule has 5 rings (SSSR count). The zero-order valence-electron chi connectivity index (χ0n) is 19.8. The van der Waals surface area contributed by atoms with Gasteiger partial charge in [-0.25, -0.2) is 13.4 Å². The van der Waals surface area contributed by atoms with E-state index in [1.807, 2.05) is 56.3 Å². The molecule has 1 saturated heterocycles. The Morgan fingerprint density at radius 1 is 0.824 bits per heavy atom. The summed E-state index contributed by atoms with van der Waals surface area (Å²) in [5.41, 5.74) is 4.71. The molecule has 176 valence electrons. The van der Waals surface area contributed by atoms with E-state index < -0.39 is 10.0 Å². The largest absolute Gasteiger partial charge is 0.454 e. The SMILES string of the molecule is Cc1ccc2c(c1)Oc1ccc(C)cc1C(N1CCCN(S(=O)(=O)c3ccccc3C)CC1)=N2. The highest BCUT2D eigenvalue weighted by molar-refractivity contribution is 7.89. The molecule has 2 aliphatic heterocycles. The van der Waals surface area contributed by atoms with Crippen molar-refractivity contribution in [2.75, 3.05) is 26.2 Å². The van der Waals surface area contributed by atoms with Crippen LogP contribution in [0.4, 0.5) is 5.69 Å². The Labute approximate surface area is 201 Å². The molecule has 0 atom stereocenters. The number of sulfonamides is 1. The third-order valence-corrected chi connectivity index (χ3v) is 8.46. The van der Waals surface area contributed by atoms with Crippen LogP contribution in [-0.4, -0.2) is 49.6 Å². The molecule has 7 heteroatoms. The van der Waals surface area contributed by atoms with Crippen molar-refractivity contribution >= 4 is 21.5 Å². The van der Waals surface area contributed by atoms with Crippen LogP contribution >= 0.6 is 0 Å². The first-order valence-electron chi connectivity index (χ1n) is 11.6. The smallest absolute Gasteiger partial charge is 0.243 e. The fourth-order valence-corrected chi connectivity index (χ4v) is 6.26. The van der Waals surface area contributed by atoms with Crippen molar-refractivity contribution in [2.24, 2.45) is 4.99 Å². The van der Waals surface area contributed by atoms with Gasteiger partial charge >= 0.3 is 0 Å². The van der Waals surface area contributed by atoms with Crippen LogP contribution in [0.1, 0.15) is 28.7 Å². The first kappa shape index (κ1) is 22.6. The zero-order valence-corrected chi connectivity index (χ0v) is 20.6. The van der Waals surface area contributed by atoms with Gasteiger partial charge in [0.2, 0.25) is 10.0 Å².